The largest absolute Gasteiger partial charge is 0.352 e. The molecule has 3 aromatic rings. The molecule has 2 amide bonds. The third-order valence-electron chi connectivity index (χ3n) is 5.90. The highest BCUT2D eigenvalue weighted by Crippen LogP contribution is 2.30. The molecule has 0 unspecified atom stereocenters. The van der Waals surface area contributed by atoms with E-state index in [0.717, 1.165) is 16.7 Å². The summed E-state index contributed by atoms with van der Waals surface area (Å²) >= 11 is 6.44. The van der Waals surface area contributed by atoms with Gasteiger partial charge < -0.3 is 10.2 Å². The van der Waals surface area contributed by atoms with Gasteiger partial charge in [-0.15, -0.1) is 0 Å². The van der Waals surface area contributed by atoms with Crippen LogP contribution in [0.1, 0.15) is 56.2 Å². The summed E-state index contributed by atoms with van der Waals surface area (Å²) in [6.07, 6.45) is 0.764. The Morgan fingerprint density at radius 3 is 1.88 bits per heavy atom. The van der Waals surface area contributed by atoms with Crippen LogP contribution >= 0.6 is 11.6 Å². The summed E-state index contributed by atoms with van der Waals surface area (Å²) in [6, 6.07) is 27.0. The second-order valence-electron chi connectivity index (χ2n) is 8.78. The molecule has 1 atom stereocenters. The fourth-order valence-corrected chi connectivity index (χ4v) is 4.40. The summed E-state index contributed by atoms with van der Waals surface area (Å²) in [5.74, 6) is -0.341. The minimum atomic E-state index is -0.585. The molecule has 5 heteroatoms. The fraction of sp³-hybridized carbons (Fsp3) is 0.310. The number of nitrogens with one attached hydrogen (secondary N) is 1. The standard InChI is InChI=1S/C29H33ClN2O2/c1-4-27(29(34)31-21(2)3)32(20-24-17-11-12-18-26(24)30)28(33)19-25(22-13-7-5-8-14-22)23-15-9-6-10-16-23/h5-18,21,25,27H,4,19-20H2,1-3H3,(H,31,34)/t27-/m1/s1. The lowest BCUT2D eigenvalue weighted by Gasteiger charge is -2.33. The molecule has 0 saturated heterocycles. The van der Waals surface area contributed by atoms with E-state index in [0.29, 0.717) is 11.4 Å². The van der Waals surface area contributed by atoms with Gasteiger partial charge in [-0.05, 0) is 43.0 Å². The van der Waals surface area contributed by atoms with Gasteiger partial charge in [-0.25, -0.2) is 0 Å². The van der Waals surface area contributed by atoms with Crippen LogP contribution < -0.4 is 5.32 Å². The maximum Gasteiger partial charge on any atom is 0.243 e. The van der Waals surface area contributed by atoms with Crippen molar-refractivity contribution in [2.24, 2.45) is 0 Å². The predicted octanol–water partition coefficient (Wildman–Crippen LogP) is 6.19. The summed E-state index contributed by atoms with van der Waals surface area (Å²) in [5.41, 5.74) is 2.96. The molecule has 34 heavy (non-hydrogen) atoms. The van der Waals surface area contributed by atoms with E-state index in [2.05, 4.69) is 5.32 Å². The average molecular weight is 477 g/mol. The van der Waals surface area contributed by atoms with E-state index in [1.54, 1.807) is 4.90 Å². The maximum absolute atomic E-state index is 13.9. The molecular formula is C29H33ClN2O2. The van der Waals surface area contributed by atoms with E-state index in [-0.39, 0.29) is 36.7 Å². The topological polar surface area (TPSA) is 49.4 Å². The van der Waals surface area contributed by atoms with E-state index in [1.165, 1.54) is 0 Å². The Morgan fingerprint density at radius 1 is 0.853 bits per heavy atom. The highest BCUT2D eigenvalue weighted by molar-refractivity contribution is 6.31. The highest BCUT2D eigenvalue weighted by atomic mass is 35.5. The van der Waals surface area contributed by atoms with Crippen molar-refractivity contribution >= 4 is 23.4 Å². The van der Waals surface area contributed by atoms with Crippen LogP contribution in [0.25, 0.3) is 0 Å². The lowest BCUT2D eigenvalue weighted by Crippen LogP contribution is -2.50. The normalized spacial score (nSPS) is 11.9. The molecule has 3 aromatic carbocycles. The highest BCUT2D eigenvalue weighted by Gasteiger charge is 2.31. The van der Waals surface area contributed by atoms with Gasteiger partial charge in [-0.3, -0.25) is 9.59 Å². The summed E-state index contributed by atoms with van der Waals surface area (Å²) < 4.78 is 0. The molecule has 1 N–H and O–H groups in total. The minimum absolute atomic E-state index is 0.0137. The van der Waals surface area contributed by atoms with Crippen LogP contribution in [0.2, 0.25) is 5.02 Å². The van der Waals surface area contributed by atoms with Crippen LogP contribution in [0, 0.1) is 0 Å². The zero-order valence-electron chi connectivity index (χ0n) is 20.1. The Balaban J connectivity index is 1.97. The van der Waals surface area contributed by atoms with Gasteiger partial charge in [0.15, 0.2) is 0 Å². The van der Waals surface area contributed by atoms with Crippen molar-refractivity contribution in [3.8, 4) is 0 Å². The number of carbonyl (C=O) groups is 2. The molecule has 4 nitrogen and oxygen atoms in total. The van der Waals surface area contributed by atoms with Gasteiger partial charge in [0, 0.05) is 29.9 Å². The number of nitrogens with zero attached hydrogens (tertiary/aromatic N) is 1. The second kappa shape index (κ2) is 12.4. The predicted molar refractivity (Wildman–Crippen MR) is 139 cm³/mol. The Kier molecular flexibility index (Phi) is 9.29. The van der Waals surface area contributed by atoms with Gasteiger partial charge in [-0.1, -0.05) is 97.4 Å². The van der Waals surface area contributed by atoms with Gasteiger partial charge in [0.2, 0.25) is 11.8 Å². The number of benzene rings is 3. The van der Waals surface area contributed by atoms with E-state index < -0.39 is 6.04 Å². The van der Waals surface area contributed by atoms with Crippen molar-refractivity contribution in [2.75, 3.05) is 0 Å². The number of hydrogen-bond acceptors (Lipinski definition) is 2. The Morgan fingerprint density at radius 2 is 1.38 bits per heavy atom. The van der Waals surface area contributed by atoms with Crippen LogP contribution in [0.5, 0.6) is 0 Å². The molecule has 0 aliphatic heterocycles. The van der Waals surface area contributed by atoms with Crippen molar-refractivity contribution in [1.29, 1.82) is 0 Å². The molecular weight excluding hydrogens is 444 g/mol. The van der Waals surface area contributed by atoms with Gasteiger partial charge >= 0.3 is 0 Å². The first kappa shape index (κ1) is 25.5. The van der Waals surface area contributed by atoms with Crippen molar-refractivity contribution in [3.05, 3.63) is 107 Å². The Bertz CT molecular complexity index is 1030. The molecule has 0 radical (unpaired) electrons. The summed E-state index contributed by atoms with van der Waals surface area (Å²) in [5, 5.41) is 3.57. The molecule has 0 aromatic heterocycles. The number of carbonyl (C=O) groups excluding carboxylic acids is 2. The second-order valence-corrected chi connectivity index (χ2v) is 9.19. The molecule has 0 heterocycles. The molecule has 0 bridgehead atoms. The SMILES string of the molecule is CC[C@H](C(=O)NC(C)C)N(Cc1ccccc1Cl)C(=O)CC(c1ccccc1)c1ccccc1. The molecule has 178 valence electrons. The molecule has 0 saturated carbocycles. The average Bonchev–Trinajstić information content (AvgIpc) is 2.84. The molecule has 0 aliphatic carbocycles. The van der Waals surface area contributed by atoms with Crippen LogP contribution in [0.15, 0.2) is 84.9 Å². The molecule has 0 spiro atoms. The smallest absolute Gasteiger partial charge is 0.243 e. The number of amides is 2. The number of hydrogen-bond donors (Lipinski definition) is 1. The van der Waals surface area contributed by atoms with E-state index >= 15 is 0 Å². The van der Waals surface area contributed by atoms with Gasteiger partial charge in [0.05, 0.1) is 0 Å². The molecule has 0 fully saturated rings. The van der Waals surface area contributed by atoms with Crippen molar-refractivity contribution in [3.63, 3.8) is 0 Å². The lowest BCUT2D eigenvalue weighted by molar-refractivity contribution is -0.141. The van der Waals surface area contributed by atoms with Crippen molar-refractivity contribution in [2.45, 2.75) is 58.2 Å². The van der Waals surface area contributed by atoms with Gasteiger partial charge in [0.1, 0.15) is 6.04 Å². The first-order valence-electron chi connectivity index (χ1n) is 11.8. The Labute approximate surface area is 207 Å². The first-order chi connectivity index (χ1) is 16.4. The minimum Gasteiger partial charge on any atom is -0.352 e. The number of rotatable bonds is 10. The fourth-order valence-electron chi connectivity index (χ4n) is 4.20. The Hall–Kier alpha value is -3.11. The van der Waals surface area contributed by atoms with Crippen molar-refractivity contribution in [1.82, 2.24) is 10.2 Å². The van der Waals surface area contributed by atoms with Gasteiger partial charge in [-0.2, -0.15) is 0 Å². The van der Waals surface area contributed by atoms with Gasteiger partial charge in [0.25, 0.3) is 0 Å². The quantitative estimate of drug-likeness (QED) is 0.379. The lowest BCUT2D eigenvalue weighted by atomic mass is 9.88. The van der Waals surface area contributed by atoms with E-state index in [9.17, 15) is 9.59 Å². The molecule has 0 aliphatic rings. The van der Waals surface area contributed by atoms with Crippen molar-refractivity contribution < 1.29 is 9.59 Å². The van der Waals surface area contributed by atoms with E-state index in [1.807, 2.05) is 106 Å². The number of halogens is 1. The molecule has 3 rings (SSSR count). The zero-order valence-corrected chi connectivity index (χ0v) is 20.8. The third kappa shape index (κ3) is 6.71. The summed E-state index contributed by atoms with van der Waals surface area (Å²) in [6.45, 7) is 6.06. The van der Waals surface area contributed by atoms with Crippen LogP contribution in [-0.2, 0) is 16.1 Å². The summed E-state index contributed by atoms with van der Waals surface area (Å²) in [4.78, 5) is 28.7. The van der Waals surface area contributed by atoms with Crippen LogP contribution in [0.4, 0.5) is 0 Å². The van der Waals surface area contributed by atoms with E-state index in [4.69, 9.17) is 11.6 Å². The monoisotopic (exact) mass is 476 g/mol. The van der Waals surface area contributed by atoms with Crippen LogP contribution in [0.3, 0.4) is 0 Å². The summed E-state index contributed by atoms with van der Waals surface area (Å²) in [7, 11) is 0. The first-order valence-corrected chi connectivity index (χ1v) is 12.2. The zero-order chi connectivity index (χ0) is 24.5. The maximum atomic E-state index is 13.9. The third-order valence-corrected chi connectivity index (χ3v) is 6.27. The van der Waals surface area contributed by atoms with Crippen LogP contribution in [-0.4, -0.2) is 28.8 Å².